The highest BCUT2D eigenvalue weighted by atomic mass is 32.2. The molecule has 0 saturated carbocycles. The van der Waals surface area contributed by atoms with Gasteiger partial charge in [-0.25, -0.2) is 0 Å². The first-order valence-corrected chi connectivity index (χ1v) is 7.88. The van der Waals surface area contributed by atoms with Crippen LogP contribution in [0.1, 0.15) is 28.7 Å². The molecule has 0 aromatic heterocycles. The third-order valence-electron chi connectivity index (χ3n) is 3.89. The Kier molecular flexibility index (Phi) is 3.88. The van der Waals surface area contributed by atoms with Crippen LogP contribution in [0.25, 0.3) is 0 Å². The molecule has 0 spiro atoms. The van der Waals surface area contributed by atoms with Crippen molar-refractivity contribution in [3.05, 3.63) is 58.7 Å². The van der Waals surface area contributed by atoms with Crippen LogP contribution in [0.2, 0.25) is 0 Å². The number of nitrogens with zero attached hydrogens (tertiary/aromatic N) is 1. The van der Waals surface area contributed by atoms with E-state index in [2.05, 4.69) is 23.4 Å². The lowest BCUT2D eigenvalue weighted by atomic mass is 10.1. The van der Waals surface area contributed by atoms with Gasteiger partial charge in [0.1, 0.15) is 0 Å². The molecule has 1 aliphatic rings. The van der Waals surface area contributed by atoms with E-state index in [-0.39, 0.29) is 5.84 Å². The molecule has 21 heavy (non-hydrogen) atoms. The third-order valence-corrected chi connectivity index (χ3v) is 5.12. The minimum Gasteiger partial charge on any atom is -0.409 e. The van der Waals surface area contributed by atoms with Gasteiger partial charge in [-0.3, -0.25) is 0 Å². The van der Waals surface area contributed by atoms with Crippen molar-refractivity contribution in [2.75, 3.05) is 0 Å². The van der Waals surface area contributed by atoms with Crippen LogP contribution in [-0.2, 0) is 12.8 Å². The van der Waals surface area contributed by atoms with E-state index in [0.717, 1.165) is 16.0 Å². The van der Waals surface area contributed by atoms with Crippen LogP contribution in [-0.4, -0.2) is 11.0 Å². The van der Waals surface area contributed by atoms with Crippen molar-refractivity contribution in [3.8, 4) is 0 Å². The molecule has 0 bridgehead atoms. The van der Waals surface area contributed by atoms with E-state index in [0.29, 0.717) is 0 Å². The number of amidine groups is 1. The van der Waals surface area contributed by atoms with E-state index in [4.69, 9.17) is 10.9 Å². The van der Waals surface area contributed by atoms with Gasteiger partial charge in [-0.05, 0) is 61.1 Å². The van der Waals surface area contributed by atoms with Crippen molar-refractivity contribution in [2.24, 2.45) is 10.9 Å². The summed E-state index contributed by atoms with van der Waals surface area (Å²) in [6, 6.07) is 12.5. The maximum Gasteiger partial charge on any atom is 0.171 e. The minimum absolute atomic E-state index is 0.155. The second kappa shape index (κ2) is 5.82. The molecule has 0 radical (unpaired) electrons. The van der Waals surface area contributed by atoms with Crippen molar-refractivity contribution >= 4 is 17.6 Å². The SMILES string of the molecule is Cc1cccc(/C(N)=N/O)c1Sc1ccc2c(c1)CCC2. The van der Waals surface area contributed by atoms with Gasteiger partial charge in [0.05, 0.1) is 0 Å². The third kappa shape index (κ3) is 2.76. The smallest absolute Gasteiger partial charge is 0.171 e. The summed E-state index contributed by atoms with van der Waals surface area (Å²) in [6.45, 7) is 2.05. The molecule has 0 amide bonds. The van der Waals surface area contributed by atoms with Crippen molar-refractivity contribution in [2.45, 2.75) is 36.0 Å². The Bertz CT molecular complexity index is 710. The largest absolute Gasteiger partial charge is 0.409 e. The van der Waals surface area contributed by atoms with Gasteiger partial charge in [0.25, 0.3) is 0 Å². The maximum atomic E-state index is 8.95. The fourth-order valence-corrected chi connectivity index (χ4v) is 3.86. The molecular formula is C17H18N2OS. The standard InChI is InChI=1S/C17H18N2OS/c1-11-4-2-7-15(17(18)19-20)16(11)21-14-9-8-12-5-3-6-13(12)10-14/h2,4,7-10,20H,3,5-6H2,1H3,(H2,18,19). The summed E-state index contributed by atoms with van der Waals surface area (Å²) in [6.07, 6.45) is 3.62. The zero-order valence-electron chi connectivity index (χ0n) is 12.0. The highest BCUT2D eigenvalue weighted by Gasteiger charge is 2.14. The Morgan fingerprint density at radius 3 is 2.81 bits per heavy atom. The molecule has 0 unspecified atom stereocenters. The van der Waals surface area contributed by atoms with Gasteiger partial charge in [-0.2, -0.15) is 0 Å². The van der Waals surface area contributed by atoms with E-state index in [1.54, 1.807) is 11.8 Å². The molecule has 108 valence electrons. The van der Waals surface area contributed by atoms with Crippen LogP contribution in [0.15, 0.2) is 51.3 Å². The summed E-state index contributed by atoms with van der Waals surface area (Å²) < 4.78 is 0. The molecule has 2 aromatic carbocycles. The van der Waals surface area contributed by atoms with Crippen molar-refractivity contribution in [1.29, 1.82) is 0 Å². The molecule has 1 aliphatic carbocycles. The lowest BCUT2D eigenvalue weighted by Gasteiger charge is -2.12. The summed E-state index contributed by atoms with van der Waals surface area (Å²) in [5.74, 6) is 0.155. The monoisotopic (exact) mass is 298 g/mol. The van der Waals surface area contributed by atoms with Gasteiger partial charge in [-0.15, -0.1) is 0 Å². The van der Waals surface area contributed by atoms with Crippen molar-refractivity contribution < 1.29 is 5.21 Å². The molecule has 0 fully saturated rings. The van der Waals surface area contributed by atoms with E-state index in [9.17, 15) is 0 Å². The second-order valence-electron chi connectivity index (χ2n) is 5.32. The average Bonchev–Trinajstić information content (AvgIpc) is 2.96. The number of rotatable bonds is 3. The molecular weight excluding hydrogens is 280 g/mol. The fourth-order valence-electron chi connectivity index (χ4n) is 2.77. The second-order valence-corrected chi connectivity index (χ2v) is 6.41. The minimum atomic E-state index is 0.155. The summed E-state index contributed by atoms with van der Waals surface area (Å²) >= 11 is 1.68. The number of hydrogen-bond acceptors (Lipinski definition) is 3. The first-order chi connectivity index (χ1) is 10.2. The molecule has 0 atom stereocenters. The van der Waals surface area contributed by atoms with Crippen LogP contribution in [0.4, 0.5) is 0 Å². The number of benzene rings is 2. The number of oxime groups is 1. The van der Waals surface area contributed by atoms with Crippen LogP contribution in [0, 0.1) is 6.92 Å². The topological polar surface area (TPSA) is 58.6 Å². The molecule has 0 aliphatic heterocycles. The Balaban J connectivity index is 1.98. The molecule has 3 nitrogen and oxygen atoms in total. The number of hydrogen-bond donors (Lipinski definition) is 2. The van der Waals surface area contributed by atoms with Crippen LogP contribution in [0.3, 0.4) is 0 Å². The highest BCUT2D eigenvalue weighted by molar-refractivity contribution is 7.99. The van der Waals surface area contributed by atoms with Crippen molar-refractivity contribution in [1.82, 2.24) is 0 Å². The molecule has 4 heteroatoms. The summed E-state index contributed by atoms with van der Waals surface area (Å²) in [5, 5.41) is 12.1. The molecule has 3 rings (SSSR count). The normalized spacial score (nSPS) is 14.2. The highest BCUT2D eigenvalue weighted by Crippen LogP contribution is 2.35. The van der Waals surface area contributed by atoms with Gasteiger partial charge in [0.15, 0.2) is 5.84 Å². The van der Waals surface area contributed by atoms with Crippen molar-refractivity contribution in [3.63, 3.8) is 0 Å². The van der Waals surface area contributed by atoms with E-state index in [1.165, 1.54) is 35.3 Å². The lowest BCUT2D eigenvalue weighted by Crippen LogP contribution is -2.14. The zero-order valence-corrected chi connectivity index (χ0v) is 12.8. The van der Waals surface area contributed by atoms with E-state index < -0.39 is 0 Å². The van der Waals surface area contributed by atoms with Gasteiger partial charge in [0, 0.05) is 15.4 Å². The average molecular weight is 298 g/mol. The predicted octanol–water partition coefficient (Wildman–Crippen LogP) is 3.73. The van der Waals surface area contributed by atoms with Crippen LogP contribution < -0.4 is 5.73 Å². The van der Waals surface area contributed by atoms with Gasteiger partial charge in [-0.1, -0.05) is 35.1 Å². The van der Waals surface area contributed by atoms with Gasteiger partial charge in [0.2, 0.25) is 0 Å². The number of nitrogens with two attached hydrogens (primary N) is 1. The number of aryl methyl sites for hydroxylation is 3. The van der Waals surface area contributed by atoms with E-state index in [1.807, 2.05) is 25.1 Å². The predicted molar refractivity (Wildman–Crippen MR) is 86.3 cm³/mol. The fraction of sp³-hybridized carbons (Fsp3) is 0.235. The first-order valence-electron chi connectivity index (χ1n) is 7.06. The summed E-state index contributed by atoms with van der Waals surface area (Å²) in [5.41, 5.74) is 10.6. The van der Waals surface area contributed by atoms with Gasteiger partial charge < -0.3 is 10.9 Å². The van der Waals surface area contributed by atoms with Gasteiger partial charge >= 0.3 is 0 Å². The Morgan fingerprint density at radius 2 is 2.00 bits per heavy atom. The zero-order chi connectivity index (χ0) is 14.8. The molecule has 0 saturated heterocycles. The lowest BCUT2D eigenvalue weighted by molar-refractivity contribution is 0.318. The quantitative estimate of drug-likeness (QED) is 0.393. The van der Waals surface area contributed by atoms with Crippen LogP contribution in [0.5, 0.6) is 0 Å². The molecule has 2 aromatic rings. The summed E-state index contributed by atoms with van der Waals surface area (Å²) in [7, 11) is 0. The molecule has 0 heterocycles. The van der Waals surface area contributed by atoms with E-state index >= 15 is 0 Å². The molecule has 3 N–H and O–H groups in total. The maximum absolute atomic E-state index is 8.95. The Morgan fingerprint density at radius 1 is 1.19 bits per heavy atom. The Hall–Kier alpha value is -1.94. The first kappa shape index (κ1) is 14.0. The van der Waals surface area contributed by atoms with Crippen LogP contribution >= 0.6 is 11.8 Å². The number of fused-ring (bicyclic) bond motifs is 1. The summed E-state index contributed by atoms with van der Waals surface area (Å²) in [4.78, 5) is 2.25. The Labute approximate surface area is 128 Å².